The molecule has 2 aliphatic heterocycles. The first-order chi connectivity index (χ1) is 17.5. The van der Waals surface area contributed by atoms with Crippen LogP contribution in [-0.4, -0.2) is 53.4 Å². The maximum absolute atomic E-state index is 13.8. The number of hydrogen-bond acceptors (Lipinski definition) is 6. The van der Waals surface area contributed by atoms with E-state index in [1.807, 2.05) is 31.5 Å². The Bertz CT molecular complexity index is 1280. The van der Waals surface area contributed by atoms with Gasteiger partial charge in [-0.3, -0.25) is 14.9 Å². The van der Waals surface area contributed by atoms with Crippen molar-refractivity contribution in [2.75, 3.05) is 37.7 Å². The summed E-state index contributed by atoms with van der Waals surface area (Å²) >= 11 is 0. The van der Waals surface area contributed by atoms with Gasteiger partial charge in [0.1, 0.15) is 12.3 Å². The second-order valence-electron chi connectivity index (χ2n) is 10.3. The summed E-state index contributed by atoms with van der Waals surface area (Å²) in [5.74, 6) is -1.15. The fourth-order valence-corrected chi connectivity index (χ4v) is 5.33. The van der Waals surface area contributed by atoms with Crippen LogP contribution in [0, 0.1) is 17.0 Å². The summed E-state index contributed by atoms with van der Waals surface area (Å²) in [5, 5.41) is 4.11. The fraction of sp³-hybridized carbons (Fsp3) is 0.393. The van der Waals surface area contributed by atoms with E-state index in [9.17, 15) is 8.78 Å². The van der Waals surface area contributed by atoms with Crippen molar-refractivity contribution in [1.82, 2.24) is 14.9 Å². The van der Waals surface area contributed by atoms with Crippen LogP contribution in [0.4, 0.5) is 14.5 Å². The van der Waals surface area contributed by atoms with Crippen LogP contribution in [0.5, 0.6) is 0 Å². The number of anilines is 1. The zero-order valence-electron chi connectivity index (χ0n) is 20.3. The van der Waals surface area contributed by atoms with Gasteiger partial charge < -0.3 is 9.74 Å². The molecule has 0 atom stereocenters. The van der Waals surface area contributed by atoms with Crippen LogP contribution < -0.4 is 4.90 Å². The average Bonchev–Trinajstić information content (AvgIpc) is 3.69. The van der Waals surface area contributed by atoms with E-state index in [0.29, 0.717) is 34.9 Å². The lowest BCUT2D eigenvalue weighted by molar-refractivity contribution is -0.0273. The molecular formula is C28H29F2N5O. The van der Waals surface area contributed by atoms with E-state index >= 15 is 0 Å². The normalized spacial score (nSPS) is 19.2. The Labute approximate surface area is 209 Å². The quantitative estimate of drug-likeness (QED) is 0.338. The van der Waals surface area contributed by atoms with E-state index in [4.69, 9.17) is 4.84 Å². The molecular weight excluding hydrogens is 460 g/mol. The molecule has 0 amide bonds. The van der Waals surface area contributed by atoms with Crippen LogP contribution >= 0.6 is 0 Å². The van der Waals surface area contributed by atoms with E-state index in [-0.39, 0.29) is 0 Å². The first-order valence-electron chi connectivity index (χ1n) is 12.6. The number of aromatic nitrogens is 2. The summed E-state index contributed by atoms with van der Waals surface area (Å²) in [5.41, 5.74) is 5.39. The largest absolute Gasteiger partial charge is 0.396 e. The first-order valence-corrected chi connectivity index (χ1v) is 12.6. The molecule has 2 aromatic heterocycles. The highest BCUT2D eigenvalue weighted by atomic mass is 19.2. The minimum Gasteiger partial charge on any atom is -0.396 e. The molecule has 3 aliphatic rings. The van der Waals surface area contributed by atoms with Gasteiger partial charge in [0, 0.05) is 73.4 Å². The number of rotatable bonds is 8. The predicted molar refractivity (Wildman–Crippen MR) is 134 cm³/mol. The predicted octanol–water partition coefficient (Wildman–Crippen LogP) is 4.74. The van der Waals surface area contributed by atoms with Crippen molar-refractivity contribution >= 4 is 11.4 Å². The Morgan fingerprint density at radius 3 is 2.56 bits per heavy atom. The third kappa shape index (κ3) is 4.57. The summed E-state index contributed by atoms with van der Waals surface area (Å²) in [7, 11) is 0. The Hall–Kier alpha value is -3.39. The highest BCUT2D eigenvalue weighted by molar-refractivity contribution is 6.11. The van der Waals surface area contributed by atoms with Gasteiger partial charge >= 0.3 is 0 Å². The van der Waals surface area contributed by atoms with Crippen LogP contribution in [0.3, 0.4) is 0 Å². The Morgan fingerprint density at radius 1 is 1.03 bits per heavy atom. The Balaban J connectivity index is 1.06. The molecule has 1 aliphatic carbocycles. The fourth-order valence-electron chi connectivity index (χ4n) is 5.33. The molecule has 0 unspecified atom stereocenters. The molecule has 6 rings (SSSR count). The number of oxime groups is 1. The van der Waals surface area contributed by atoms with Crippen molar-refractivity contribution < 1.29 is 13.6 Å². The van der Waals surface area contributed by atoms with Crippen LogP contribution in [-0.2, 0) is 11.4 Å². The molecule has 0 N–H and O–H groups in total. The van der Waals surface area contributed by atoms with Gasteiger partial charge in [0.2, 0.25) is 0 Å². The van der Waals surface area contributed by atoms with Crippen LogP contribution in [0.1, 0.15) is 48.2 Å². The molecule has 0 bridgehead atoms. The van der Waals surface area contributed by atoms with Crippen LogP contribution in [0.15, 0.2) is 60.0 Å². The van der Waals surface area contributed by atoms with Crippen LogP contribution in [0.25, 0.3) is 0 Å². The standard InChI is InChI=1S/C28H29F2N5O/c1-2-36-33-27(21-6-7-23(29)24(30)11-21)25-8-3-19(13-32-25)14-34-15-28(16-34)17-35(18-28)22-9-10-31-26(12-22)20-4-5-20/h3,6-13,20H,2,4-5,14-18H2,1H3. The van der Waals surface area contributed by atoms with E-state index in [1.54, 1.807) is 0 Å². The van der Waals surface area contributed by atoms with Crippen molar-refractivity contribution in [2.24, 2.45) is 10.6 Å². The minimum atomic E-state index is -0.929. The van der Waals surface area contributed by atoms with Gasteiger partial charge in [-0.2, -0.15) is 0 Å². The molecule has 2 saturated heterocycles. The molecule has 3 aromatic rings. The van der Waals surface area contributed by atoms with Gasteiger partial charge in [-0.25, -0.2) is 8.78 Å². The van der Waals surface area contributed by atoms with E-state index in [2.05, 4.69) is 37.1 Å². The Kier molecular flexibility index (Phi) is 5.91. The summed E-state index contributed by atoms with van der Waals surface area (Å²) in [6.07, 6.45) is 6.33. The number of likely N-dealkylation sites (tertiary alicyclic amines) is 1. The lowest BCUT2D eigenvalue weighted by Crippen LogP contribution is -2.71. The van der Waals surface area contributed by atoms with Gasteiger partial charge in [0.25, 0.3) is 0 Å². The Morgan fingerprint density at radius 2 is 1.86 bits per heavy atom. The molecule has 3 fully saturated rings. The molecule has 1 aromatic carbocycles. The van der Waals surface area contributed by atoms with Crippen molar-refractivity contribution in [2.45, 2.75) is 32.2 Å². The highest BCUT2D eigenvalue weighted by Crippen LogP contribution is 2.44. The summed E-state index contributed by atoms with van der Waals surface area (Å²) in [6, 6.07) is 12.0. The lowest BCUT2D eigenvalue weighted by Gasteiger charge is -2.61. The SMILES string of the molecule is CCON=C(c1ccc(F)c(F)c1)c1ccc(CN2CC3(C2)CN(c2ccnc(C4CC4)c2)C3)cn1. The minimum absolute atomic E-state index is 0.363. The van der Waals surface area contributed by atoms with E-state index in [0.717, 1.165) is 50.4 Å². The number of hydrogen-bond donors (Lipinski definition) is 0. The third-order valence-corrected chi connectivity index (χ3v) is 7.25. The number of pyridine rings is 2. The van der Waals surface area contributed by atoms with Crippen molar-refractivity contribution in [3.05, 3.63) is 89.0 Å². The number of nitrogens with zero attached hydrogens (tertiary/aromatic N) is 5. The maximum atomic E-state index is 13.8. The van der Waals surface area contributed by atoms with E-state index < -0.39 is 11.6 Å². The van der Waals surface area contributed by atoms with Gasteiger partial charge in [0.05, 0.1) is 5.69 Å². The van der Waals surface area contributed by atoms with E-state index in [1.165, 1.54) is 30.3 Å². The first kappa shape index (κ1) is 23.0. The zero-order chi connectivity index (χ0) is 24.7. The molecule has 8 heteroatoms. The van der Waals surface area contributed by atoms with Crippen molar-refractivity contribution in [3.63, 3.8) is 0 Å². The summed E-state index contributed by atoms with van der Waals surface area (Å²) in [6.45, 7) is 7.37. The smallest absolute Gasteiger partial charge is 0.159 e. The van der Waals surface area contributed by atoms with Gasteiger partial charge in [-0.1, -0.05) is 11.2 Å². The third-order valence-electron chi connectivity index (χ3n) is 7.25. The number of halogens is 2. The second kappa shape index (κ2) is 9.24. The molecule has 1 spiro atoms. The second-order valence-corrected chi connectivity index (χ2v) is 10.3. The molecule has 0 radical (unpaired) electrons. The van der Waals surface area contributed by atoms with Gasteiger partial charge in [-0.05, 0) is 61.7 Å². The lowest BCUT2D eigenvalue weighted by atomic mass is 9.72. The number of benzene rings is 1. The molecule has 36 heavy (non-hydrogen) atoms. The topological polar surface area (TPSA) is 53.9 Å². The summed E-state index contributed by atoms with van der Waals surface area (Å²) in [4.78, 5) is 19.2. The monoisotopic (exact) mass is 489 g/mol. The molecule has 186 valence electrons. The zero-order valence-corrected chi connectivity index (χ0v) is 20.3. The van der Waals surface area contributed by atoms with Gasteiger partial charge in [-0.15, -0.1) is 0 Å². The van der Waals surface area contributed by atoms with Crippen molar-refractivity contribution in [1.29, 1.82) is 0 Å². The molecule has 4 heterocycles. The highest BCUT2D eigenvalue weighted by Gasteiger charge is 2.51. The van der Waals surface area contributed by atoms with Crippen molar-refractivity contribution in [3.8, 4) is 0 Å². The molecule has 1 saturated carbocycles. The van der Waals surface area contributed by atoms with Gasteiger partial charge in [0.15, 0.2) is 11.6 Å². The average molecular weight is 490 g/mol. The molecule has 6 nitrogen and oxygen atoms in total. The maximum Gasteiger partial charge on any atom is 0.159 e. The summed E-state index contributed by atoms with van der Waals surface area (Å²) < 4.78 is 27.2. The van der Waals surface area contributed by atoms with Crippen LogP contribution in [0.2, 0.25) is 0 Å².